The fraction of sp³-hybridized carbons (Fsp3) is 0.750. The zero-order valence-corrected chi connectivity index (χ0v) is 14.8. The first-order valence-electron chi connectivity index (χ1n) is 7.88. The summed E-state index contributed by atoms with van der Waals surface area (Å²) in [4.78, 5) is 17.6. The highest BCUT2D eigenvalue weighted by molar-refractivity contribution is 5.84. The maximum atomic E-state index is 11.7. The number of likely N-dealkylation sites (N-methyl/N-ethyl adjacent to an activating group) is 1. The van der Waals surface area contributed by atoms with Crippen molar-refractivity contribution in [2.75, 3.05) is 54.1 Å². The molecule has 0 aromatic carbocycles. The molecule has 1 aliphatic rings. The van der Waals surface area contributed by atoms with Gasteiger partial charge in [0.15, 0.2) is 5.96 Å². The lowest BCUT2D eigenvalue weighted by Crippen LogP contribution is -2.51. The monoisotopic (exact) mass is 326 g/mol. The number of carbonyl (C=O) groups is 1. The summed E-state index contributed by atoms with van der Waals surface area (Å²) in [6.07, 6.45) is 1.67. The summed E-state index contributed by atoms with van der Waals surface area (Å²) >= 11 is 0. The number of hydrogen-bond donors (Lipinski definition) is 2. The molecule has 1 aliphatic heterocycles. The van der Waals surface area contributed by atoms with E-state index in [2.05, 4.69) is 22.2 Å². The number of rotatable bonds is 7. The van der Waals surface area contributed by atoms with Gasteiger partial charge in [-0.3, -0.25) is 4.79 Å². The van der Waals surface area contributed by atoms with Gasteiger partial charge in [0.05, 0.1) is 5.60 Å². The Morgan fingerprint density at radius 2 is 2.00 bits per heavy atom. The maximum absolute atomic E-state index is 11.7. The number of hydrogen-bond acceptors (Lipinski definition) is 4. The second kappa shape index (κ2) is 9.52. The van der Waals surface area contributed by atoms with Crippen LogP contribution in [0, 0.1) is 0 Å². The molecule has 0 aromatic rings. The first kappa shape index (κ1) is 19.4. The zero-order valence-electron chi connectivity index (χ0n) is 14.8. The van der Waals surface area contributed by atoms with Crippen LogP contribution in [0.25, 0.3) is 0 Å². The van der Waals surface area contributed by atoms with Crippen molar-refractivity contribution in [3.05, 3.63) is 12.2 Å². The van der Waals surface area contributed by atoms with Crippen molar-refractivity contribution in [3.8, 4) is 0 Å². The van der Waals surface area contributed by atoms with E-state index >= 15 is 0 Å². The third-order valence-electron chi connectivity index (χ3n) is 3.84. The van der Waals surface area contributed by atoms with E-state index in [0.29, 0.717) is 32.3 Å². The van der Waals surface area contributed by atoms with Crippen LogP contribution in [0.5, 0.6) is 0 Å². The molecule has 0 atom stereocenters. The lowest BCUT2D eigenvalue weighted by atomic mass is 9.94. The van der Waals surface area contributed by atoms with Crippen LogP contribution in [0.1, 0.15) is 19.8 Å². The number of ether oxygens (including phenoxy) is 2. The SMILES string of the molecule is C=C(C)CNC(=NCC(=O)N(C)C)NCC1(OC)CCOCC1. The van der Waals surface area contributed by atoms with E-state index in [4.69, 9.17) is 9.47 Å². The second-order valence-corrected chi connectivity index (χ2v) is 6.12. The largest absolute Gasteiger partial charge is 0.381 e. The van der Waals surface area contributed by atoms with Crippen LogP contribution in [0.15, 0.2) is 17.1 Å². The highest BCUT2D eigenvalue weighted by Crippen LogP contribution is 2.23. The Bertz CT molecular complexity index is 429. The first-order valence-corrected chi connectivity index (χ1v) is 7.88. The third-order valence-corrected chi connectivity index (χ3v) is 3.84. The van der Waals surface area contributed by atoms with Crippen molar-refractivity contribution in [2.24, 2.45) is 4.99 Å². The van der Waals surface area contributed by atoms with E-state index in [1.54, 1.807) is 21.2 Å². The Balaban J connectivity index is 2.65. The molecule has 1 rings (SSSR count). The Morgan fingerprint density at radius 3 is 2.52 bits per heavy atom. The van der Waals surface area contributed by atoms with E-state index in [1.165, 1.54) is 4.90 Å². The number of methoxy groups -OCH3 is 1. The highest BCUT2D eigenvalue weighted by Gasteiger charge is 2.32. The number of amides is 1. The lowest BCUT2D eigenvalue weighted by Gasteiger charge is -2.36. The predicted molar refractivity (Wildman–Crippen MR) is 91.6 cm³/mol. The van der Waals surface area contributed by atoms with Gasteiger partial charge >= 0.3 is 0 Å². The molecule has 7 heteroatoms. The molecule has 23 heavy (non-hydrogen) atoms. The van der Waals surface area contributed by atoms with Crippen molar-refractivity contribution in [3.63, 3.8) is 0 Å². The molecule has 1 fully saturated rings. The van der Waals surface area contributed by atoms with Gasteiger partial charge in [0.2, 0.25) is 5.91 Å². The smallest absolute Gasteiger partial charge is 0.243 e. The quantitative estimate of drug-likeness (QED) is 0.402. The topological polar surface area (TPSA) is 75.2 Å². The maximum Gasteiger partial charge on any atom is 0.243 e. The molecular weight excluding hydrogens is 296 g/mol. The van der Waals surface area contributed by atoms with Crippen molar-refractivity contribution >= 4 is 11.9 Å². The predicted octanol–water partition coefficient (Wildman–Crippen LogP) is 0.382. The molecule has 1 heterocycles. The lowest BCUT2D eigenvalue weighted by molar-refractivity contribution is -0.127. The number of carbonyl (C=O) groups excluding carboxylic acids is 1. The van der Waals surface area contributed by atoms with Gasteiger partial charge in [-0.25, -0.2) is 4.99 Å². The van der Waals surface area contributed by atoms with Crippen molar-refractivity contribution in [2.45, 2.75) is 25.4 Å². The van der Waals surface area contributed by atoms with E-state index in [0.717, 1.165) is 18.4 Å². The summed E-state index contributed by atoms with van der Waals surface area (Å²) in [6.45, 7) is 8.51. The average molecular weight is 326 g/mol. The van der Waals surface area contributed by atoms with E-state index in [1.807, 2.05) is 6.92 Å². The molecule has 0 spiro atoms. The fourth-order valence-electron chi connectivity index (χ4n) is 2.14. The van der Waals surface area contributed by atoms with Crippen LogP contribution < -0.4 is 10.6 Å². The van der Waals surface area contributed by atoms with Gasteiger partial charge in [-0.05, 0) is 6.92 Å². The molecule has 0 aromatic heterocycles. The van der Waals surface area contributed by atoms with Crippen molar-refractivity contribution in [1.29, 1.82) is 0 Å². The Morgan fingerprint density at radius 1 is 1.35 bits per heavy atom. The number of nitrogens with zero attached hydrogens (tertiary/aromatic N) is 2. The number of nitrogens with one attached hydrogen (secondary N) is 2. The minimum absolute atomic E-state index is 0.0473. The van der Waals surface area contributed by atoms with Crippen LogP contribution in [0.4, 0.5) is 0 Å². The van der Waals surface area contributed by atoms with Crippen molar-refractivity contribution in [1.82, 2.24) is 15.5 Å². The standard InChI is InChI=1S/C16H30N4O3/c1-13(2)10-17-15(18-11-14(21)20(3)4)19-12-16(22-5)6-8-23-9-7-16/h1,6-12H2,2-5H3,(H2,17,18,19). The second-order valence-electron chi connectivity index (χ2n) is 6.12. The number of aliphatic imine (C=N–C) groups is 1. The molecule has 0 radical (unpaired) electrons. The van der Waals surface area contributed by atoms with Gasteiger partial charge in [-0.15, -0.1) is 0 Å². The minimum atomic E-state index is -0.254. The average Bonchev–Trinajstić information content (AvgIpc) is 2.54. The van der Waals surface area contributed by atoms with Gasteiger partial charge in [0, 0.05) is 60.4 Å². The van der Waals surface area contributed by atoms with Gasteiger partial charge in [-0.1, -0.05) is 12.2 Å². The minimum Gasteiger partial charge on any atom is -0.381 e. The summed E-state index contributed by atoms with van der Waals surface area (Å²) in [5, 5.41) is 6.45. The van der Waals surface area contributed by atoms with Crippen molar-refractivity contribution < 1.29 is 14.3 Å². The van der Waals surface area contributed by atoms with Crippen LogP contribution in [-0.4, -0.2) is 76.4 Å². The van der Waals surface area contributed by atoms with Crippen LogP contribution in [0.2, 0.25) is 0 Å². The Hall–Kier alpha value is -1.60. The van der Waals surface area contributed by atoms with Gasteiger partial charge in [0.1, 0.15) is 6.54 Å². The van der Waals surface area contributed by atoms with Crippen LogP contribution in [0.3, 0.4) is 0 Å². The van der Waals surface area contributed by atoms with Crippen LogP contribution in [-0.2, 0) is 14.3 Å². The summed E-state index contributed by atoms with van der Waals surface area (Å²) in [5.41, 5.74) is 0.737. The molecule has 7 nitrogen and oxygen atoms in total. The molecule has 1 amide bonds. The van der Waals surface area contributed by atoms with E-state index < -0.39 is 0 Å². The molecule has 0 aliphatic carbocycles. The molecule has 0 unspecified atom stereocenters. The Kier molecular flexibility index (Phi) is 8.05. The van der Waals surface area contributed by atoms with E-state index in [9.17, 15) is 4.79 Å². The molecule has 132 valence electrons. The molecule has 2 N–H and O–H groups in total. The first-order chi connectivity index (χ1) is 10.9. The van der Waals surface area contributed by atoms with Gasteiger partial charge in [-0.2, -0.15) is 0 Å². The van der Waals surface area contributed by atoms with Gasteiger partial charge < -0.3 is 25.0 Å². The molecule has 1 saturated heterocycles. The number of guanidine groups is 1. The third kappa shape index (κ3) is 7.00. The highest BCUT2D eigenvalue weighted by atomic mass is 16.5. The molecule has 0 saturated carbocycles. The summed E-state index contributed by atoms with van der Waals surface area (Å²) in [5.74, 6) is 0.542. The fourth-order valence-corrected chi connectivity index (χ4v) is 2.14. The van der Waals surface area contributed by atoms with Gasteiger partial charge in [0.25, 0.3) is 0 Å². The zero-order chi connectivity index (χ0) is 17.3. The normalized spacial score (nSPS) is 17.5. The summed E-state index contributed by atoms with van der Waals surface area (Å²) in [6, 6.07) is 0. The molecular formula is C16H30N4O3. The summed E-state index contributed by atoms with van der Waals surface area (Å²) in [7, 11) is 5.16. The molecule has 0 bridgehead atoms. The van der Waals surface area contributed by atoms with E-state index in [-0.39, 0.29) is 18.1 Å². The Labute approximate surface area is 139 Å². The summed E-state index contributed by atoms with van der Waals surface area (Å²) < 4.78 is 11.1. The van der Waals surface area contributed by atoms with Crippen LogP contribution >= 0.6 is 0 Å².